The van der Waals surface area contributed by atoms with E-state index < -0.39 is 0 Å². The maximum atomic E-state index is 3.25. The van der Waals surface area contributed by atoms with E-state index in [0.717, 1.165) is 5.56 Å². The third-order valence-electron chi connectivity index (χ3n) is 2.33. The van der Waals surface area contributed by atoms with Crippen LogP contribution in [0.25, 0.3) is 0 Å². The molecule has 0 radical (unpaired) electrons. The van der Waals surface area contributed by atoms with Gasteiger partial charge in [0.25, 0.3) is 0 Å². The molecule has 1 rings (SSSR count). The topological polar surface area (TPSA) is 0 Å². The van der Waals surface area contributed by atoms with Crippen molar-refractivity contribution >= 4 is 0 Å². The van der Waals surface area contributed by atoms with Gasteiger partial charge in [0.1, 0.15) is 0 Å². The van der Waals surface area contributed by atoms with Gasteiger partial charge in [0.05, 0.1) is 0 Å². The van der Waals surface area contributed by atoms with Gasteiger partial charge in [0, 0.05) is 11.0 Å². The highest BCUT2D eigenvalue weighted by Crippen LogP contribution is 2.22. The third-order valence-corrected chi connectivity index (χ3v) is 2.33. The van der Waals surface area contributed by atoms with Crippen LogP contribution in [0.1, 0.15) is 66.5 Å². The first kappa shape index (κ1) is 16.8. The van der Waals surface area contributed by atoms with Gasteiger partial charge in [-0.05, 0) is 43.9 Å². The number of hydrogen-bond acceptors (Lipinski definition) is 0. The maximum absolute atomic E-state index is 3.25. The van der Waals surface area contributed by atoms with Crippen molar-refractivity contribution in [3.05, 3.63) is 35.4 Å². The number of hydrogen-bond donors (Lipinski definition) is 0. The van der Waals surface area contributed by atoms with E-state index in [2.05, 4.69) is 77.6 Å². The summed E-state index contributed by atoms with van der Waals surface area (Å²) in [6.07, 6.45) is 0. The first-order chi connectivity index (χ1) is 8.18. The van der Waals surface area contributed by atoms with Crippen molar-refractivity contribution in [2.24, 2.45) is 5.41 Å². The van der Waals surface area contributed by atoms with E-state index in [1.54, 1.807) is 0 Å². The lowest BCUT2D eigenvalue weighted by Gasteiger charge is -2.18. The summed E-state index contributed by atoms with van der Waals surface area (Å²) in [6.45, 7) is 17.1. The Morgan fingerprint density at radius 3 is 1.56 bits per heavy atom. The van der Waals surface area contributed by atoms with Crippen molar-refractivity contribution < 1.29 is 0 Å². The fraction of sp³-hybridized carbons (Fsp3) is 0.556. The summed E-state index contributed by atoms with van der Waals surface area (Å²) in [7, 11) is 0. The summed E-state index contributed by atoms with van der Waals surface area (Å²) < 4.78 is 0. The standard InChI is InChI=1S/C16H22.C2H6/c1-15(2,3)12-11-13-7-9-14(10-8-13)16(4,5)6;1-2/h7-10H,1-6H3;1-2H3. The van der Waals surface area contributed by atoms with Crippen LogP contribution in [0.15, 0.2) is 24.3 Å². The van der Waals surface area contributed by atoms with Crippen molar-refractivity contribution in [2.75, 3.05) is 0 Å². The van der Waals surface area contributed by atoms with Crippen LogP contribution in [0.4, 0.5) is 0 Å². The summed E-state index contributed by atoms with van der Waals surface area (Å²) in [6, 6.07) is 8.57. The Morgan fingerprint density at radius 2 is 1.22 bits per heavy atom. The molecule has 18 heavy (non-hydrogen) atoms. The summed E-state index contributed by atoms with van der Waals surface area (Å²) >= 11 is 0. The predicted molar refractivity (Wildman–Crippen MR) is 82.8 cm³/mol. The Hall–Kier alpha value is -1.22. The Balaban J connectivity index is 0.00000137. The fourth-order valence-corrected chi connectivity index (χ4v) is 1.31. The fourth-order valence-electron chi connectivity index (χ4n) is 1.31. The highest BCUT2D eigenvalue weighted by molar-refractivity contribution is 5.38. The lowest BCUT2D eigenvalue weighted by Crippen LogP contribution is -2.10. The molecular weight excluding hydrogens is 216 g/mol. The summed E-state index contributed by atoms with van der Waals surface area (Å²) in [5.41, 5.74) is 2.75. The Morgan fingerprint density at radius 1 is 0.778 bits per heavy atom. The van der Waals surface area contributed by atoms with Crippen LogP contribution in [-0.4, -0.2) is 0 Å². The number of benzene rings is 1. The molecule has 0 bridgehead atoms. The van der Waals surface area contributed by atoms with Gasteiger partial charge in [-0.15, -0.1) is 0 Å². The molecule has 0 aromatic heterocycles. The van der Waals surface area contributed by atoms with Crippen LogP contribution in [-0.2, 0) is 5.41 Å². The van der Waals surface area contributed by atoms with Gasteiger partial charge in [-0.2, -0.15) is 0 Å². The molecule has 0 fully saturated rings. The van der Waals surface area contributed by atoms with Crippen LogP contribution < -0.4 is 0 Å². The minimum Gasteiger partial charge on any atom is -0.0920 e. The first-order valence-corrected chi connectivity index (χ1v) is 6.82. The molecule has 0 saturated carbocycles. The monoisotopic (exact) mass is 244 g/mol. The third kappa shape index (κ3) is 6.50. The molecule has 0 aliphatic heterocycles. The molecule has 0 heterocycles. The second kappa shape index (κ2) is 6.64. The second-order valence-corrected chi connectivity index (χ2v) is 6.33. The minimum atomic E-state index is 0.0721. The minimum absolute atomic E-state index is 0.0721. The molecule has 0 N–H and O–H groups in total. The van der Waals surface area contributed by atoms with Gasteiger partial charge in [-0.1, -0.05) is 58.6 Å². The lowest BCUT2D eigenvalue weighted by molar-refractivity contribution is 0.571. The smallest absolute Gasteiger partial charge is 0.0245 e. The van der Waals surface area contributed by atoms with E-state index in [-0.39, 0.29) is 10.8 Å². The molecule has 0 spiro atoms. The zero-order valence-corrected chi connectivity index (χ0v) is 13.3. The van der Waals surface area contributed by atoms with Crippen molar-refractivity contribution in [1.29, 1.82) is 0 Å². The molecule has 0 aliphatic carbocycles. The second-order valence-electron chi connectivity index (χ2n) is 6.33. The van der Waals surface area contributed by atoms with E-state index in [0.29, 0.717) is 0 Å². The van der Waals surface area contributed by atoms with Gasteiger partial charge in [0.15, 0.2) is 0 Å². The van der Waals surface area contributed by atoms with E-state index in [4.69, 9.17) is 0 Å². The molecule has 0 atom stereocenters. The van der Waals surface area contributed by atoms with Crippen molar-refractivity contribution in [2.45, 2.75) is 60.8 Å². The molecule has 0 nitrogen and oxygen atoms in total. The van der Waals surface area contributed by atoms with Gasteiger partial charge >= 0.3 is 0 Å². The first-order valence-electron chi connectivity index (χ1n) is 6.82. The van der Waals surface area contributed by atoms with Gasteiger partial charge in [0.2, 0.25) is 0 Å². The van der Waals surface area contributed by atoms with E-state index >= 15 is 0 Å². The Bertz CT molecular complexity index is 397. The van der Waals surface area contributed by atoms with Crippen LogP contribution in [0, 0.1) is 17.3 Å². The molecule has 0 saturated heterocycles. The maximum Gasteiger partial charge on any atom is 0.0245 e. The zero-order valence-electron chi connectivity index (χ0n) is 13.3. The van der Waals surface area contributed by atoms with Gasteiger partial charge < -0.3 is 0 Å². The summed E-state index contributed by atoms with van der Waals surface area (Å²) in [4.78, 5) is 0. The molecule has 0 heteroatoms. The molecule has 1 aromatic carbocycles. The summed E-state index contributed by atoms with van der Waals surface area (Å²) in [5, 5.41) is 0. The molecule has 1 aromatic rings. The van der Waals surface area contributed by atoms with Crippen LogP contribution >= 0.6 is 0 Å². The van der Waals surface area contributed by atoms with E-state index in [9.17, 15) is 0 Å². The van der Waals surface area contributed by atoms with Crippen molar-refractivity contribution in [3.63, 3.8) is 0 Å². The highest BCUT2D eigenvalue weighted by Gasteiger charge is 2.12. The van der Waals surface area contributed by atoms with Crippen LogP contribution in [0.5, 0.6) is 0 Å². The highest BCUT2D eigenvalue weighted by atomic mass is 14.2. The van der Waals surface area contributed by atoms with Gasteiger partial charge in [-0.3, -0.25) is 0 Å². The van der Waals surface area contributed by atoms with E-state index in [1.165, 1.54) is 5.56 Å². The van der Waals surface area contributed by atoms with Crippen LogP contribution in [0.3, 0.4) is 0 Å². The summed E-state index contributed by atoms with van der Waals surface area (Å²) in [5.74, 6) is 6.46. The molecule has 0 amide bonds. The Kier molecular flexibility index (Phi) is 6.19. The van der Waals surface area contributed by atoms with E-state index in [1.807, 2.05) is 13.8 Å². The van der Waals surface area contributed by atoms with Crippen LogP contribution in [0.2, 0.25) is 0 Å². The molecule has 100 valence electrons. The van der Waals surface area contributed by atoms with Crippen molar-refractivity contribution in [1.82, 2.24) is 0 Å². The quantitative estimate of drug-likeness (QED) is 0.535. The lowest BCUT2D eigenvalue weighted by atomic mass is 9.86. The average molecular weight is 244 g/mol. The predicted octanol–water partition coefficient (Wildman–Crippen LogP) is 5.41. The average Bonchev–Trinajstić information content (AvgIpc) is 2.27. The molecule has 0 aliphatic rings. The molecule has 0 unspecified atom stereocenters. The number of rotatable bonds is 0. The normalized spacial score (nSPS) is 10.9. The van der Waals surface area contributed by atoms with Crippen molar-refractivity contribution in [3.8, 4) is 11.8 Å². The van der Waals surface area contributed by atoms with Gasteiger partial charge in [-0.25, -0.2) is 0 Å². The molecular formula is C18H28. The SMILES string of the molecule is CC.CC(C)(C)C#Cc1ccc(C(C)(C)C)cc1. The largest absolute Gasteiger partial charge is 0.0920 e. The Labute approximate surface area is 114 Å². The zero-order chi connectivity index (χ0) is 14.4.